The van der Waals surface area contributed by atoms with E-state index in [0.717, 1.165) is 28.2 Å². The maximum absolute atomic E-state index is 2.47. The number of hydrogen-bond donors (Lipinski definition) is 0. The lowest BCUT2D eigenvalue weighted by molar-refractivity contribution is 0.768. The summed E-state index contributed by atoms with van der Waals surface area (Å²) < 4.78 is 0. The Morgan fingerprint density at radius 2 is 0.595 bits per heavy atom. The summed E-state index contributed by atoms with van der Waals surface area (Å²) in [4.78, 5) is 2.46. The summed E-state index contributed by atoms with van der Waals surface area (Å²) in [6, 6.07) is 119. The van der Waals surface area contributed by atoms with E-state index >= 15 is 0 Å². The highest BCUT2D eigenvalue weighted by Crippen LogP contribution is 2.59. The lowest BCUT2D eigenvalue weighted by Gasteiger charge is -2.35. The monoisotopic (exact) mass is 1000 g/mol. The first-order valence-electron chi connectivity index (χ1n) is 27.5. The van der Waals surface area contributed by atoms with Crippen LogP contribution in [0.25, 0.3) is 66.4 Å². The van der Waals surface area contributed by atoms with Crippen LogP contribution in [0.3, 0.4) is 0 Å². The van der Waals surface area contributed by atoms with Crippen LogP contribution in [0, 0.1) is 0 Å². The van der Waals surface area contributed by atoms with Crippen LogP contribution in [0.4, 0.5) is 17.1 Å². The van der Waals surface area contributed by atoms with Crippen molar-refractivity contribution in [2.75, 3.05) is 4.90 Å². The summed E-state index contributed by atoms with van der Waals surface area (Å²) in [6.45, 7) is 0. The molecule has 2 aliphatic rings. The van der Waals surface area contributed by atoms with E-state index in [4.69, 9.17) is 0 Å². The van der Waals surface area contributed by atoms with Crippen LogP contribution in [0.1, 0.15) is 44.5 Å². The van der Waals surface area contributed by atoms with Gasteiger partial charge in [0.1, 0.15) is 0 Å². The van der Waals surface area contributed by atoms with E-state index < -0.39 is 10.8 Å². The topological polar surface area (TPSA) is 3.24 Å². The third kappa shape index (κ3) is 7.31. The molecule has 0 bridgehead atoms. The molecule has 13 aromatic carbocycles. The lowest BCUT2D eigenvalue weighted by Crippen LogP contribution is -2.28. The van der Waals surface area contributed by atoms with Crippen molar-refractivity contribution in [3.8, 4) is 55.6 Å². The van der Waals surface area contributed by atoms with Crippen molar-refractivity contribution in [1.82, 2.24) is 0 Å². The fourth-order valence-corrected chi connectivity index (χ4v) is 13.6. The summed E-state index contributed by atoms with van der Waals surface area (Å²) in [5.74, 6) is 0. The molecule has 1 nitrogen and oxygen atoms in total. The summed E-state index contributed by atoms with van der Waals surface area (Å²) in [7, 11) is 0. The molecule has 15 rings (SSSR count). The predicted molar refractivity (Wildman–Crippen MR) is 330 cm³/mol. The molecule has 0 fully saturated rings. The van der Waals surface area contributed by atoms with Crippen LogP contribution in [0.15, 0.2) is 322 Å². The van der Waals surface area contributed by atoms with Gasteiger partial charge in [-0.3, -0.25) is 0 Å². The minimum atomic E-state index is -0.550. The molecule has 0 unspecified atom stereocenters. The van der Waals surface area contributed by atoms with Gasteiger partial charge in [0.25, 0.3) is 0 Å². The Balaban J connectivity index is 0.901. The minimum absolute atomic E-state index is 0.484. The average Bonchev–Trinajstić information content (AvgIpc) is 4.24. The normalized spacial score (nSPS) is 13.3. The molecule has 79 heavy (non-hydrogen) atoms. The third-order valence-corrected chi connectivity index (χ3v) is 17.0. The van der Waals surface area contributed by atoms with Crippen LogP contribution < -0.4 is 4.90 Å². The predicted octanol–water partition coefficient (Wildman–Crippen LogP) is 20.0. The number of anilines is 3. The SMILES string of the molecule is c1ccc(C2(c3ccccc3)c3ccccc3-c3ccc(-c4ccc(N(c5cccc(-c6cccc(-c7cccc8ccccc78)c6)c5)c5ccc6c(c5)C(c5ccccc5)(c5ccccc5)c5ccccc5-6)cc4)cc32)cc1. The Labute approximate surface area is 462 Å². The van der Waals surface area contributed by atoms with Crippen molar-refractivity contribution < 1.29 is 0 Å². The van der Waals surface area contributed by atoms with E-state index in [9.17, 15) is 0 Å². The van der Waals surface area contributed by atoms with Gasteiger partial charge in [0.15, 0.2) is 0 Å². The number of benzene rings is 13. The van der Waals surface area contributed by atoms with Crippen molar-refractivity contribution in [2.45, 2.75) is 10.8 Å². The zero-order chi connectivity index (χ0) is 52.3. The first-order valence-corrected chi connectivity index (χ1v) is 27.5. The van der Waals surface area contributed by atoms with Gasteiger partial charge < -0.3 is 4.90 Å². The molecule has 2 aliphatic carbocycles. The zero-order valence-electron chi connectivity index (χ0n) is 43.5. The van der Waals surface area contributed by atoms with Crippen molar-refractivity contribution in [1.29, 1.82) is 0 Å². The Morgan fingerprint density at radius 3 is 1.20 bits per heavy atom. The first-order chi connectivity index (χ1) is 39.2. The van der Waals surface area contributed by atoms with Gasteiger partial charge in [-0.25, -0.2) is 0 Å². The first kappa shape index (κ1) is 46.2. The molecule has 370 valence electrons. The van der Waals surface area contributed by atoms with Crippen molar-refractivity contribution in [2.24, 2.45) is 0 Å². The molecule has 0 spiro atoms. The Morgan fingerprint density at radius 1 is 0.203 bits per heavy atom. The molecule has 0 atom stereocenters. The van der Waals surface area contributed by atoms with E-state index in [1.165, 1.54) is 99.8 Å². The quantitative estimate of drug-likeness (QED) is 0.132. The maximum Gasteiger partial charge on any atom is 0.0714 e. The van der Waals surface area contributed by atoms with Gasteiger partial charge in [-0.2, -0.15) is 0 Å². The van der Waals surface area contributed by atoms with Crippen molar-refractivity contribution in [3.63, 3.8) is 0 Å². The third-order valence-electron chi connectivity index (χ3n) is 17.0. The summed E-state index contributed by atoms with van der Waals surface area (Å²) >= 11 is 0. The van der Waals surface area contributed by atoms with Crippen LogP contribution in [-0.2, 0) is 10.8 Å². The fourth-order valence-electron chi connectivity index (χ4n) is 13.6. The highest BCUT2D eigenvalue weighted by atomic mass is 15.1. The lowest BCUT2D eigenvalue weighted by atomic mass is 9.67. The molecule has 0 amide bonds. The second-order valence-electron chi connectivity index (χ2n) is 21.1. The van der Waals surface area contributed by atoms with Crippen LogP contribution in [0.5, 0.6) is 0 Å². The molecular formula is C78H53N. The van der Waals surface area contributed by atoms with Gasteiger partial charge in [-0.1, -0.05) is 273 Å². The van der Waals surface area contributed by atoms with Gasteiger partial charge in [0, 0.05) is 17.1 Å². The largest absolute Gasteiger partial charge is 0.310 e. The second kappa shape index (κ2) is 18.9. The van der Waals surface area contributed by atoms with E-state index in [0.29, 0.717) is 0 Å². The van der Waals surface area contributed by atoms with Crippen LogP contribution >= 0.6 is 0 Å². The molecule has 0 N–H and O–H groups in total. The number of fused-ring (bicyclic) bond motifs is 7. The van der Waals surface area contributed by atoms with Gasteiger partial charge in [-0.05, 0) is 159 Å². The van der Waals surface area contributed by atoms with E-state index in [1.807, 2.05) is 0 Å². The smallest absolute Gasteiger partial charge is 0.0714 e. The number of rotatable bonds is 10. The summed E-state index contributed by atoms with van der Waals surface area (Å²) in [5.41, 5.74) is 24.6. The maximum atomic E-state index is 2.47. The van der Waals surface area contributed by atoms with Gasteiger partial charge in [-0.15, -0.1) is 0 Å². The minimum Gasteiger partial charge on any atom is -0.310 e. The van der Waals surface area contributed by atoms with E-state index in [2.05, 4.69) is 326 Å². The molecule has 1 heteroatoms. The molecule has 0 saturated heterocycles. The zero-order valence-corrected chi connectivity index (χ0v) is 43.5. The number of nitrogens with zero attached hydrogens (tertiary/aromatic N) is 1. The van der Waals surface area contributed by atoms with Crippen LogP contribution in [-0.4, -0.2) is 0 Å². The standard InChI is InChI=1S/C78H53N/c1-5-27-60(28-6-1)77(61-29-7-2-8-30-61)73-40-17-15-37-69(73)71-48-44-58(52-75(71)77)54-42-45-64(46-43-54)79(65-35-20-25-57(51-65)56-24-19-26-59(50-56)68-39-21-23-55-22-13-14-36-67(55)68)66-47-49-72-70-38-16-18-41-74(70)78(76(72)53-66,62-31-9-3-10-32-62)63-33-11-4-12-34-63/h1-53H. The Hall–Kier alpha value is -10.1. The van der Waals surface area contributed by atoms with Gasteiger partial charge in [0.2, 0.25) is 0 Å². The molecule has 0 aromatic heterocycles. The van der Waals surface area contributed by atoms with E-state index in [1.54, 1.807) is 0 Å². The Bertz CT molecular complexity index is 4320. The van der Waals surface area contributed by atoms with Crippen molar-refractivity contribution in [3.05, 3.63) is 366 Å². The van der Waals surface area contributed by atoms with Gasteiger partial charge >= 0.3 is 0 Å². The molecular weight excluding hydrogens is 951 g/mol. The second-order valence-corrected chi connectivity index (χ2v) is 21.1. The molecule has 0 heterocycles. The van der Waals surface area contributed by atoms with Gasteiger partial charge in [0.05, 0.1) is 10.8 Å². The average molecular weight is 1000 g/mol. The highest BCUT2D eigenvalue weighted by molar-refractivity contribution is 5.98. The summed E-state index contributed by atoms with van der Waals surface area (Å²) in [5, 5.41) is 2.49. The van der Waals surface area contributed by atoms with Crippen LogP contribution in [0.2, 0.25) is 0 Å². The Kier molecular flexibility index (Phi) is 11.1. The van der Waals surface area contributed by atoms with E-state index in [-0.39, 0.29) is 0 Å². The molecule has 0 saturated carbocycles. The number of hydrogen-bond acceptors (Lipinski definition) is 1. The highest BCUT2D eigenvalue weighted by Gasteiger charge is 2.47. The van der Waals surface area contributed by atoms with Crippen molar-refractivity contribution >= 4 is 27.8 Å². The molecule has 0 aliphatic heterocycles. The molecule has 13 aromatic rings. The molecule has 0 radical (unpaired) electrons. The fraction of sp³-hybridized carbons (Fsp3) is 0.0256. The summed E-state index contributed by atoms with van der Waals surface area (Å²) in [6.07, 6.45) is 0.